The van der Waals surface area contributed by atoms with E-state index in [1.54, 1.807) is 6.92 Å². The van der Waals surface area contributed by atoms with Gasteiger partial charge in [-0.1, -0.05) is 13.8 Å². The second-order valence-electron chi connectivity index (χ2n) is 4.98. The molecule has 1 saturated heterocycles. The van der Waals surface area contributed by atoms with Gasteiger partial charge in [0.05, 0.1) is 11.5 Å². The van der Waals surface area contributed by atoms with Crippen molar-refractivity contribution in [1.82, 2.24) is 5.32 Å². The van der Waals surface area contributed by atoms with Gasteiger partial charge in [0.25, 0.3) is 0 Å². The Balaban J connectivity index is 2.34. The molecule has 0 bridgehead atoms. The van der Waals surface area contributed by atoms with Gasteiger partial charge in [0, 0.05) is 12.6 Å². The summed E-state index contributed by atoms with van der Waals surface area (Å²) >= 11 is 0. The predicted molar refractivity (Wildman–Crippen MR) is 65.5 cm³/mol. The second kappa shape index (κ2) is 5.82. The highest BCUT2D eigenvalue weighted by molar-refractivity contribution is 7.91. The summed E-state index contributed by atoms with van der Waals surface area (Å²) in [4.78, 5) is 11.7. The summed E-state index contributed by atoms with van der Waals surface area (Å²) in [6.07, 6.45) is -0.0222. The molecule has 5 nitrogen and oxygen atoms in total. The Morgan fingerprint density at radius 3 is 2.53 bits per heavy atom. The zero-order valence-corrected chi connectivity index (χ0v) is 11.4. The molecule has 0 aromatic carbocycles. The Bertz CT molecular complexity index is 364. The number of carbonyl (C=O) groups is 1. The van der Waals surface area contributed by atoms with E-state index in [0.717, 1.165) is 0 Å². The SMILES string of the molecule is CC(C)CO[C@H](C)C(=O)N[C@@H]1CCS(=O)(=O)C1. The van der Waals surface area contributed by atoms with E-state index in [9.17, 15) is 13.2 Å². The third-order valence-electron chi connectivity index (χ3n) is 2.63. The van der Waals surface area contributed by atoms with Crippen molar-refractivity contribution in [1.29, 1.82) is 0 Å². The average Bonchev–Trinajstić information content (AvgIpc) is 2.54. The Kier molecular flexibility index (Phi) is 4.94. The van der Waals surface area contributed by atoms with Crippen LogP contribution in [0.1, 0.15) is 27.2 Å². The lowest BCUT2D eigenvalue weighted by Gasteiger charge is -2.17. The van der Waals surface area contributed by atoms with E-state index in [2.05, 4.69) is 5.32 Å². The molecule has 1 rings (SSSR count). The minimum Gasteiger partial charge on any atom is -0.368 e. The van der Waals surface area contributed by atoms with Gasteiger partial charge in [-0.25, -0.2) is 8.42 Å². The molecule has 2 atom stereocenters. The normalized spacial score (nSPS) is 24.8. The smallest absolute Gasteiger partial charge is 0.249 e. The quantitative estimate of drug-likeness (QED) is 0.777. The molecule has 17 heavy (non-hydrogen) atoms. The Labute approximate surface area is 103 Å². The van der Waals surface area contributed by atoms with Crippen LogP contribution in [-0.4, -0.2) is 44.6 Å². The van der Waals surface area contributed by atoms with Crippen LogP contribution in [0.3, 0.4) is 0 Å². The summed E-state index contributed by atoms with van der Waals surface area (Å²) < 4.78 is 27.8. The predicted octanol–water partition coefficient (Wildman–Crippen LogP) is 0.351. The summed E-state index contributed by atoms with van der Waals surface area (Å²) in [5, 5.41) is 2.71. The Hall–Kier alpha value is -0.620. The summed E-state index contributed by atoms with van der Waals surface area (Å²) in [6, 6.07) is -0.252. The molecule has 0 spiro atoms. The first-order valence-corrected chi connectivity index (χ1v) is 7.74. The lowest BCUT2D eigenvalue weighted by Crippen LogP contribution is -2.42. The lowest BCUT2D eigenvalue weighted by atomic mass is 10.2. The fourth-order valence-corrected chi connectivity index (χ4v) is 3.31. The van der Waals surface area contributed by atoms with Gasteiger partial charge in [-0.05, 0) is 19.3 Å². The highest BCUT2D eigenvalue weighted by atomic mass is 32.2. The van der Waals surface area contributed by atoms with Gasteiger partial charge in [-0.15, -0.1) is 0 Å². The fourth-order valence-electron chi connectivity index (χ4n) is 1.64. The van der Waals surface area contributed by atoms with Crippen molar-refractivity contribution in [3.8, 4) is 0 Å². The van der Waals surface area contributed by atoms with Crippen LogP contribution in [0.2, 0.25) is 0 Å². The number of hydrogen-bond donors (Lipinski definition) is 1. The largest absolute Gasteiger partial charge is 0.368 e. The van der Waals surface area contributed by atoms with Crippen molar-refractivity contribution in [3.63, 3.8) is 0 Å². The van der Waals surface area contributed by atoms with E-state index < -0.39 is 15.9 Å². The number of rotatable bonds is 5. The molecule has 0 unspecified atom stereocenters. The number of sulfone groups is 1. The zero-order valence-electron chi connectivity index (χ0n) is 10.6. The number of ether oxygens (including phenoxy) is 1. The standard InChI is InChI=1S/C11H21NO4S/c1-8(2)6-16-9(3)11(13)12-10-4-5-17(14,15)7-10/h8-10H,4-7H2,1-3H3,(H,12,13)/t9-,10-/m1/s1. The van der Waals surface area contributed by atoms with Gasteiger partial charge in [0.1, 0.15) is 6.10 Å². The Morgan fingerprint density at radius 2 is 2.06 bits per heavy atom. The molecule has 1 aliphatic rings. The van der Waals surface area contributed by atoms with Gasteiger partial charge in [0.2, 0.25) is 5.91 Å². The van der Waals surface area contributed by atoms with Crippen LogP contribution in [0, 0.1) is 5.92 Å². The summed E-state index contributed by atoms with van der Waals surface area (Å²) in [7, 11) is -2.95. The van der Waals surface area contributed by atoms with Crippen molar-refractivity contribution < 1.29 is 17.9 Å². The number of nitrogens with one attached hydrogen (secondary N) is 1. The molecule has 0 aromatic rings. The van der Waals surface area contributed by atoms with Crippen LogP contribution in [0.15, 0.2) is 0 Å². The number of amides is 1. The topological polar surface area (TPSA) is 72.5 Å². The van der Waals surface area contributed by atoms with E-state index in [4.69, 9.17) is 4.74 Å². The maximum Gasteiger partial charge on any atom is 0.249 e. The molecule has 1 amide bonds. The van der Waals surface area contributed by atoms with Crippen molar-refractivity contribution in [2.24, 2.45) is 5.92 Å². The lowest BCUT2D eigenvalue weighted by molar-refractivity contribution is -0.132. The van der Waals surface area contributed by atoms with Crippen molar-refractivity contribution in [2.45, 2.75) is 39.3 Å². The van der Waals surface area contributed by atoms with Crippen LogP contribution in [-0.2, 0) is 19.4 Å². The second-order valence-corrected chi connectivity index (χ2v) is 7.21. The first kappa shape index (κ1) is 14.4. The third-order valence-corrected chi connectivity index (χ3v) is 4.40. The molecule has 100 valence electrons. The summed E-state index contributed by atoms with van der Waals surface area (Å²) in [5.41, 5.74) is 0. The maximum absolute atomic E-state index is 11.7. The summed E-state index contributed by atoms with van der Waals surface area (Å²) in [6.45, 7) is 6.22. The zero-order chi connectivity index (χ0) is 13.1. The first-order valence-electron chi connectivity index (χ1n) is 5.92. The number of hydrogen-bond acceptors (Lipinski definition) is 4. The van der Waals surface area contributed by atoms with Gasteiger partial charge in [-0.3, -0.25) is 4.79 Å². The number of carbonyl (C=O) groups excluding carboxylic acids is 1. The molecular weight excluding hydrogens is 242 g/mol. The molecule has 0 radical (unpaired) electrons. The van der Waals surface area contributed by atoms with Crippen LogP contribution in [0.25, 0.3) is 0 Å². The van der Waals surface area contributed by atoms with Gasteiger partial charge < -0.3 is 10.1 Å². The van der Waals surface area contributed by atoms with Crippen LogP contribution < -0.4 is 5.32 Å². The molecule has 1 aliphatic heterocycles. The van der Waals surface area contributed by atoms with Crippen LogP contribution in [0.5, 0.6) is 0 Å². The molecule has 0 aromatic heterocycles. The van der Waals surface area contributed by atoms with Gasteiger partial charge in [0.15, 0.2) is 9.84 Å². The monoisotopic (exact) mass is 263 g/mol. The Morgan fingerprint density at radius 1 is 1.41 bits per heavy atom. The minimum atomic E-state index is -2.95. The minimum absolute atomic E-state index is 0.0512. The van der Waals surface area contributed by atoms with Crippen molar-refractivity contribution in [2.75, 3.05) is 18.1 Å². The highest BCUT2D eigenvalue weighted by Crippen LogP contribution is 2.11. The molecule has 0 aliphatic carbocycles. The first-order chi connectivity index (χ1) is 7.80. The molecule has 0 saturated carbocycles. The van der Waals surface area contributed by atoms with E-state index >= 15 is 0 Å². The van der Waals surface area contributed by atoms with E-state index in [0.29, 0.717) is 18.9 Å². The van der Waals surface area contributed by atoms with Crippen molar-refractivity contribution in [3.05, 3.63) is 0 Å². The third kappa shape index (κ3) is 5.04. The van der Waals surface area contributed by atoms with Crippen LogP contribution in [0.4, 0.5) is 0 Å². The fraction of sp³-hybridized carbons (Fsp3) is 0.909. The molecule has 1 fully saturated rings. The highest BCUT2D eigenvalue weighted by Gasteiger charge is 2.30. The van der Waals surface area contributed by atoms with Crippen molar-refractivity contribution >= 4 is 15.7 Å². The molecule has 1 heterocycles. The molecule has 6 heteroatoms. The van der Waals surface area contributed by atoms with E-state index in [-0.39, 0.29) is 23.5 Å². The average molecular weight is 263 g/mol. The van der Waals surface area contributed by atoms with Gasteiger partial charge in [-0.2, -0.15) is 0 Å². The van der Waals surface area contributed by atoms with E-state index in [1.165, 1.54) is 0 Å². The maximum atomic E-state index is 11.7. The summed E-state index contributed by atoms with van der Waals surface area (Å²) in [5.74, 6) is 0.360. The van der Waals surface area contributed by atoms with Gasteiger partial charge >= 0.3 is 0 Å². The molecule has 1 N–H and O–H groups in total. The molecular formula is C11H21NO4S. The van der Waals surface area contributed by atoms with E-state index in [1.807, 2.05) is 13.8 Å². The van der Waals surface area contributed by atoms with Crippen LogP contribution >= 0.6 is 0 Å².